The molecule has 1 aromatic rings. The number of nitrogens with zero attached hydrogens (tertiary/aromatic N) is 3. The van der Waals surface area contributed by atoms with E-state index in [4.69, 9.17) is 0 Å². The van der Waals surface area contributed by atoms with Crippen molar-refractivity contribution >= 4 is 11.8 Å². The van der Waals surface area contributed by atoms with E-state index in [0.717, 1.165) is 0 Å². The molecule has 4 nitrogen and oxygen atoms in total. The number of thioether (sulfide) groups is 1. The quantitative estimate of drug-likeness (QED) is 0.757. The predicted molar refractivity (Wildman–Crippen MR) is 51.4 cm³/mol. The molecule has 1 aromatic heterocycles. The Balaban J connectivity index is 1.94. The van der Waals surface area contributed by atoms with Crippen molar-refractivity contribution in [2.75, 3.05) is 18.8 Å². The van der Waals surface area contributed by atoms with E-state index in [2.05, 4.69) is 15.6 Å². The van der Waals surface area contributed by atoms with Gasteiger partial charge >= 0.3 is 5.51 Å². The van der Waals surface area contributed by atoms with Gasteiger partial charge in [0.2, 0.25) is 0 Å². The maximum absolute atomic E-state index is 11.7. The van der Waals surface area contributed by atoms with E-state index in [0.29, 0.717) is 19.6 Å². The van der Waals surface area contributed by atoms with Gasteiger partial charge in [0, 0.05) is 25.0 Å². The Morgan fingerprint density at radius 2 is 2.13 bits per heavy atom. The Hall–Kier alpha value is -0.760. The maximum atomic E-state index is 11.7. The monoisotopic (exact) mass is 240 g/mol. The van der Waals surface area contributed by atoms with Gasteiger partial charge in [-0.3, -0.25) is 4.68 Å². The van der Waals surface area contributed by atoms with Gasteiger partial charge in [-0.25, -0.2) is 0 Å². The summed E-state index contributed by atoms with van der Waals surface area (Å²) in [5.41, 5.74) is -4.13. The molecule has 0 amide bonds. The highest BCUT2D eigenvalue weighted by Gasteiger charge is 2.27. The van der Waals surface area contributed by atoms with E-state index >= 15 is 0 Å². The fourth-order valence-electron chi connectivity index (χ4n) is 0.910. The first-order valence-electron chi connectivity index (χ1n) is 4.33. The number of rotatable bonds is 6. The van der Waals surface area contributed by atoms with E-state index in [9.17, 15) is 13.2 Å². The molecule has 0 saturated carbocycles. The Kier molecular flexibility index (Phi) is 4.89. The zero-order chi connectivity index (χ0) is 11.1. The normalized spacial score (nSPS) is 11.9. The molecule has 0 bridgehead atoms. The summed E-state index contributed by atoms with van der Waals surface area (Å²) in [7, 11) is 0. The molecule has 8 heteroatoms. The SMILES string of the molecule is FC(F)(F)SCCNCCn1ccnn1. The van der Waals surface area contributed by atoms with Crippen LogP contribution in [0.2, 0.25) is 0 Å². The summed E-state index contributed by atoms with van der Waals surface area (Å²) < 4.78 is 36.7. The molecule has 0 fully saturated rings. The summed E-state index contributed by atoms with van der Waals surface area (Å²) in [5.74, 6) is 0.0286. The van der Waals surface area contributed by atoms with Crippen molar-refractivity contribution in [1.29, 1.82) is 0 Å². The second-order valence-electron chi connectivity index (χ2n) is 2.71. The molecule has 1 N–H and O–H groups in total. The fourth-order valence-corrected chi connectivity index (χ4v) is 1.39. The van der Waals surface area contributed by atoms with Crippen LogP contribution < -0.4 is 5.32 Å². The van der Waals surface area contributed by atoms with Gasteiger partial charge < -0.3 is 5.32 Å². The van der Waals surface area contributed by atoms with Crippen LogP contribution in [0.1, 0.15) is 0 Å². The highest BCUT2D eigenvalue weighted by atomic mass is 32.2. The van der Waals surface area contributed by atoms with Crippen LogP contribution in [-0.2, 0) is 6.54 Å². The summed E-state index contributed by atoms with van der Waals surface area (Å²) in [6.07, 6.45) is 3.26. The average Bonchev–Trinajstić information content (AvgIpc) is 2.61. The van der Waals surface area contributed by atoms with Crippen LogP contribution in [0, 0.1) is 0 Å². The lowest BCUT2D eigenvalue weighted by Crippen LogP contribution is -2.23. The Morgan fingerprint density at radius 1 is 1.33 bits per heavy atom. The molecule has 0 aromatic carbocycles. The van der Waals surface area contributed by atoms with Gasteiger partial charge in [-0.2, -0.15) is 13.2 Å². The molecule has 0 saturated heterocycles. The number of halogens is 3. The molecule has 0 spiro atoms. The second kappa shape index (κ2) is 5.96. The zero-order valence-corrected chi connectivity index (χ0v) is 8.68. The van der Waals surface area contributed by atoms with Crippen LogP contribution in [0.5, 0.6) is 0 Å². The standard InChI is InChI=1S/C7H11F3N4S/c8-7(9,10)15-6-3-11-1-4-14-5-2-12-13-14/h2,5,11H,1,3-4,6H2. The van der Waals surface area contributed by atoms with E-state index in [1.165, 1.54) is 0 Å². The average molecular weight is 240 g/mol. The third kappa shape index (κ3) is 6.34. The lowest BCUT2D eigenvalue weighted by Gasteiger charge is -2.06. The molecule has 15 heavy (non-hydrogen) atoms. The predicted octanol–water partition coefficient (Wildman–Crippen LogP) is 1.12. The molecular formula is C7H11F3N4S. The third-order valence-corrected chi connectivity index (χ3v) is 2.27. The van der Waals surface area contributed by atoms with Crippen molar-refractivity contribution in [3.63, 3.8) is 0 Å². The van der Waals surface area contributed by atoms with Gasteiger partial charge in [0.15, 0.2) is 0 Å². The molecular weight excluding hydrogens is 229 g/mol. The van der Waals surface area contributed by atoms with Crippen LogP contribution in [0.4, 0.5) is 13.2 Å². The highest BCUT2D eigenvalue weighted by Crippen LogP contribution is 2.29. The zero-order valence-electron chi connectivity index (χ0n) is 7.87. The molecule has 1 rings (SSSR count). The third-order valence-electron chi connectivity index (χ3n) is 1.53. The lowest BCUT2D eigenvalue weighted by atomic mass is 10.6. The molecule has 0 aliphatic carbocycles. The van der Waals surface area contributed by atoms with Crippen LogP contribution >= 0.6 is 11.8 Å². The van der Waals surface area contributed by atoms with Gasteiger partial charge in [0.05, 0.1) is 12.7 Å². The van der Waals surface area contributed by atoms with Gasteiger partial charge in [-0.15, -0.1) is 5.10 Å². The molecule has 86 valence electrons. The van der Waals surface area contributed by atoms with Gasteiger partial charge in [0.1, 0.15) is 0 Å². The van der Waals surface area contributed by atoms with Gasteiger partial charge in [0.25, 0.3) is 0 Å². The fraction of sp³-hybridized carbons (Fsp3) is 0.714. The summed E-state index contributed by atoms with van der Waals surface area (Å²) in [6, 6.07) is 0. The lowest BCUT2D eigenvalue weighted by molar-refractivity contribution is -0.0327. The van der Waals surface area contributed by atoms with E-state index in [1.807, 2.05) is 0 Å². The molecule has 0 atom stereocenters. The molecule has 0 aliphatic heterocycles. The van der Waals surface area contributed by atoms with E-state index < -0.39 is 5.51 Å². The van der Waals surface area contributed by atoms with Crippen molar-refractivity contribution in [3.05, 3.63) is 12.4 Å². The summed E-state index contributed by atoms with van der Waals surface area (Å²) in [6.45, 7) is 1.53. The minimum absolute atomic E-state index is 0.0158. The topological polar surface area (TPSA) is 42.7 Å². The minimum atomic E-state index is -4.13. The number of aromatic nitrogens is 3. The maximum Gasteiger partial charge on any atom is 0.441 e. The minimum Gasteiger partial charge on any atom is -0.314 e. The Labute approximate surface area is 89.2 Å². The molecule has 0 radical (unpaired) electrons. The van der Waals surface area contributed by atoms with Crippen LogP contribution in [0.25, 0.3) is 0 Å². The van der Waals surface area contributed by atoms with E-state index in [1.54, 1.807) is 17.1 Å². The van der Waals surface area contributed by atoms with Crippen molar-refractivity contribution in [1.82, 2.24) is 20.3 Å². The molecule has 0 aliphatic rings. The Morgan fingerprint density at radius 3 is 2.73 bits per heavy atom. The van der Waals surface area contributed by atoms with Crippen molar-refractivity contribution in [2.45, 2.75) is 12.1 Å². The first kappa shape index (κ1) is 12.3. The summed E-state index contributed by atoms with van der Waals surface area (Å²) >= 11 is -0.0158. The number of nitrogens with one attached hydrogen (secondary N) is 1. The van der Waals surface area contributed by atoms with Crippen LogP contribution in [-0.4, -0.2) is 39.3 Å². The van der Waals surface area contributed by atoms with Gasteiger partial charge in [-0.05, 0) is 11.8 Å². The van der Waals surface area contributed by atoms with Crippen molar-refractivity contribution in [2.24, 2.45) is 0 Å². The van der Waals surface area contributed by atoms with Crippen molar-refractivity contribution < 1.29 is 13.2 Å². The summed E-state index contributed by atoms with van der Waals surface area (Å²) in [4.78, 5) is 0. The highest BCUT2D eigenvalue weighted by molar-refractivity contribution is 8.00. The first-order chi connectivity index (χ1) is 7.08. The smallest absolute Gasteiger partial charge is 0.314 e. The first-order valence-corrected chi connectivity index (χ1v) is 5.32. The summed E-state index contributed by atoms with van der Waals surface area (Å²) in [5, 5.41) is 10.2. The van der Waals surface area contributed by atoms with Gasteiger partial charge in [-0.1, -0.05) is 5.21 Å². The van der Waals surface area contributed by atoms with E-state index in [-0.39, 0.29) is 17.5 Å². The molecule has 1 heterocycles. The number of hydrogen-bond acceptors (Lipinski definition) is 4. The van der Waals surface area contributed by atoms with Crippen LogP contribution in [0.15, 0.2) is 12.4 Å². The largest absolute Gasteiger partial charge is 0.441 e. The van der Waals surface area contributed by atoms with Crippen LogP contribution in [0.3, 0.4) is 0 Å². The number of alkyl halides is 3. The second-order valence-corrected chi connectivity index (χ2v) is 3.87. The Bertz CT molecular complexity index is 262. The molecule has 0 unspecified atom stereocenters. The number of hydrogen-bond donors (Lipinski definition) is 1. The van der Waals surface area contributed by atoms with Crippen molar-refractivity contribution in [3.8, 4) is 0 Å².